The van der Waals surface area contributed by atoms with Crippen LogP contribution < -0.4 is 5.73 Å². The van der Waals surface area contributed by atoms with Crippen LogP contribution in [0.3, 0.4) is 0 Å². The van der Waals surface area contributed by atoms with Crippen molar-refractivity contribution in [1.82, 2.24) is 20.0 Å². The first-order chi connectivity index (χ1) is 18.4. The number of amidine groups is 2. The minimum atomic E-state index is -4.85. The first kappa shape index (κ1) is 29.0. The molecule has 1 aliphatic heterocycles. The highest BCUT2D eigenvalue weighted by Crippen LogP contribution is 2.37. The number of aliphatic imine (C=N–C) groups is 2. The zero-order valence-corrected chi connectivity index (χ0v) is 22.4. The van der Waals surface area contributed by atoms with Crippen molar-refractivity contribution in [3.05, 3.63) is 57.7 Å². The van der Waals surface area contributed by atoms with Crippen molar-refractivity contribution in [3.8, 4) is 11.3 Å². The number of pyridine rings is 1. The molecule has 1 saturated heterocycles. The van der Waals surface area contributed by atoms with E-state index >= 15 is 0 Å². The first-order valence-electron chi connectivity index (χ1n) is 11.3. The largest absolute Gasteiger partial charge is 0.435 e. The lowest BCUT2D eigenvalue weighted by Crippen LogP contribution is -2.50. The van der Waals surface area contributed by atoms with Crippen LogP contribution in [0, 0.1) is 5.82 Å². The topological polar surface area (TPSA) is 144 Å². The molecule has 1 fully saturated rings. The van der Waals surface area contributed by atoms with Gasteiger partial charge in [-0.15, -0.1) is 5.10 Å². The Morgan fingerprint density at radius 2 is 2.08 bits per heavy atom. The van der Waals surface area contributed by atoms with Gasteiger partial charge in [-0.3, -0.25) is 0 Å². The third-order valence-electron chi connectivity index (χ3n) is 5.73. The van der Waals surface area contributed by atoms with Crippen LogP contribution in [0.5, 0.6) is 0 Å². The SMILES string of the molecule is CC(N)=NC(=Nc1cc(Cl)cnc1C(F)(F)F)C1CC(n2cc(-c3ccc(Br)c(F)c3)nn2)C(O)C(CO)O1. The number of aromatic nitrogens is 4. The molecule has 4 atom stereocenters. The number of aliphatic hydroxyl groups excluding tert-OH is 2. The zero-order valence-electron chi connectivity index (χ0n) is 20.0. The second-order valence-corrected chi connectivity index (χ2v) is 9.89. The average molecular weight is 635 g/mol. The molecule has 3 heterocycles. The van der Waals surface area contributed by atoms with Gasteiger partial charge in [0.25, 0.3) is 0 Å². The summed E-state index contributed by atoms with van der Waals surface area (Å²) >= 11 is 8.96. The Hall–Kier alpha value is -2.98. The summed E-state index contributed by atoms with van der Waals surface area (Å²) in [5.41, 5.74) is 4.51. The van der Waals surface area contributed by atoms with Gasteiger partial charge in [-0.2, -0.15) is 13.2 Å². The Kier molecular flexibility index (Phi) is 8.66. The van der Waals surface area contributed by atoms with Crippen LogP contribution in [-0.4, -0.2) is 66.8 Å². The standard InChI is InChI=1S/C23H21BrClF4N7O3/c1-10(30)32-22(33-15-5-12(25)7-31-21(15)23(27,28)29)18-6-17(20(38)19(9-37)39-18)36-8-16(34-35-36)11-2-3-13(24)14(26)4-11/h2-5,7-8,17-20,37-38H,6,9H2,1H3,(H2,30,32,33). The van der Waals surface area contributed by atoms with E-state index in [0.717, 1.165) is 12.3 Å². The third-order valence-corrected chi connectivity index (χ3v) is 6.58. The fourth-order valence-corrected chi connectivity index (χ4v) is 4.37. The number of nitrogens with zero attached hydrogens (tertiary/aromatic N) is 6. The van der Waals surface area contributed by atoms with Crippen LogP contribution in [-0.2, 0) is 10.9 Å². The highest BCUT2D eigenvalue weighted by molar-refractivity contribution is 9.10. The normalized spacial score (nSPS) is 22.8. The van der Waals surface area contributed by atoms with Gasteiger partial charge < -0.3 is 20.7 Å². The monoisotopic (exact) mass is 633 g/mol. The molecular formula is C23H21BrClF4N7O3. The molecule has 0 amide bonds. The van der Waals surface area contributed by atoms with Crippen LogP contribution in [0.15, 0.2) is 51.1 Å². The fourth-order valence-electron chi connectivity index (χ4n) is 3.97. The molecule has 0 radical (unpaired) electrons. The van der Waals surface area contributed by atoms with E-state index in [2.05, 4.69) is 41.2 Å². The molecule has 10 nitrogen and oxygen atoms in total. The van der Waals surface area contributed by atoms with E-state index in [1.807, 2.05) is 0 Å². The van der Waals surface area contributed by atoms with Crippen molar-refractivity contribution in [1.29, 1.82) is 0 Å². The molecule has 39 heavy (non-hydrogen) atoms. The number of hydrogen-bond acceptors (Lipinski definition) is 7. The second kappa shape index (κ2) is 11.6. The van der Waals surface area contributed by atoms with Crippen LogP contribution in [0.2, 0.25) is 5.02 Å². The molecule has 1 aromatic carbocycles. The summed E-state index contributed by atoms with van der Waals surface area (Å²) in [4.78, 5) is 11.5. The highest BCUT2D eigenvalue weighted by Gasteiger charge is 2.42. The van der Waals surface area contributed by atoms with Gasteiger partial charge in [0.1, 0.15) is 29.8 Å². The predicted molar refractivity (Wildman–Crippen MR) is 137 cm³/mol. The number of halogens is 6. The van der Waals surface area contributed by atoms with Crippen molar-refractivity contribution >= 4 is 44.9 Å². The Balaban J connectivity index is 1.74. The van der Waals surface area contributed by atoms with Crippen LogP contribution in [0.25, 0.3) is 11.3 Å². The molecule has 2 aromatic heterocycles. The molecular weight excluding hydrogens is 614 g/mol. The van der Waals surface area contributed by atoms with Gasteiger partial charge in [-0.05, 0) is 41.1 Å². The number of aliphatic hydroxyl groups is 2. The molecule has 0 spiro atoms. The number of benzene rings is 1. The number of hydrogen-bond donors (Lipinski definition) is 3. The fraction of sp³-hybridized carbons (Fsp3) is 0.348. The molecule has 16 heteroatoms. The van der Waals surface area contributed by atoms with Gasteiger partial charge in [0, 0.05) is 18.2 Å². The smallest absolute Gasteiger partial charge is 0.394 e. The maximum Gasteiger partial charge on any atom is 0.435 e. The molecule has 0 bridgehead atoms. The van der Waals surface area contributed by atoms with E-state index in [1.54, 1.807) is 6.07 Å². The van der Waals surface area contributed by atoms with Crippen molar-refractivity contribution in [3.63, 3.8) is 0 Å². The third kappa shape index (κ3) is 6.61. The van der Waals surface area contributed by atoms with E-state index in [9.17, 15) is 27.8 Å². The average Bonchev–Trinajstić information content (AvgIpc) is 3.34. The van der Waals surface area contributed by atoms with Gasteiger partial charge in [0.15, 0.2) is 11.5 Å². The summed E-state index contributed by atoms with van der Waals surface area (Å²) in [5, 5.41) is 28.7. The van der Waals surface area contributed by atoms with E-state index in [1.165, 1.54) is 29.9 Å². The summed E-state index contributed by atoms with van der Waals surface area (Å²) < 4.78 is 62.2. The summed E-state index contributed by atoms with van der Waals surface area (Å²) in [6.07, 6.45) is -6.28. The lowest BCUT2D eigenvalue weighted by atomic mass is 9.95. The molecule has 0 aliphatic carbocycles. The number of ether oxygens (including phenoxy) is 1. The van der Waals surface area contributed by atoms with E-state index in [0.29, 0.717) is 11.3 Å². The Labute approximate surface area is 232 Å². The molecule has 1 aliphatic rings. The lowest BCUT2D eigenvalue weighted by molar-refractivity contribution is -0.140. The quantitative estimate of drug-likeness (QED) is 0.218. The second-order valence-electron chi connectivity index (χ2n) is 8.59. The lowest BCUT2D eigenvalue weighted by Gasteiger charge is -2.38. The van der Waals surface area contributed by atoms with Crippen LogP contribution in [0.4, 0.5) is 23.2 Å². The Morgan fingerprint density at radius 3 is 2.72 bits per heavy atom. The summed E-state index contributed by atoms with van der Waals surface area (Å²) in [7, 11) is 0. The summed E-state index contributed by atoms with van der Waals surface area (Å²) in [6, 6.07) is 4.44. The van der Waals surface area contributed by atoms with Gasteiger partial charge in [0.2, 0.25) is 0 Å². The minimum Gasteiger partial charge on any atom is -0.394 e. The van der Waals surface area contributed by atoms with Crippen molar-refractivity contribution < 1.29 is 32.5 Å². The maximum absolute atomic E-state index is 14.0. The zero-order chi connectivity index (χ0) is 28.5. The Bertz CT molecular complexity index is 1410. The highest BCUT2D eigenvalue weighted by atomic mass is 79.9. The van der Waals surface area contributed by atoms with Gasteiger partial charge in [-0.1, -0.05) is 22.9 Å². The van der Waals surface area contributed by atoms with Crippen molar-refractivity contribution in [2.45, 2.75) is 43.9 Å². The van der Waals surface area contributed by atoms with Crippen molar-refractivity contribution in [2.75, 3.05) is 6.61 Å². The van der Waals surface area contributed by atoms with E-state index < -0.39 is 54.3 Å². The first-order valence-corrected chi connectivity index (χ1v) is 12.5. The van der Waals surface area contributed by atoms with Gasteiger partial charge in [0.05, 0.1) is 39.9 Å². The number of alkyl halides is 3. The van der Waals surface area contributed by atoms with Gasteiger partial charge >= 0.3 is 6.18 Å². The van der Waals surface area contributed by atoms with Crippen LogP contribution in [0.1, 0.15) is 25.1 Å². The minimum absolute atomic E-state index is 0.0376. The maximum atomic E-state index is 14.0. The molecule has 208 valence electrons. The van der Waals surface area contributed by atoms with E-state index in [-0.39, 0.29) is 27.6 Å². The predicted octanol–water partition coefficient (Wildman–Crippen LogP) is 4.07. The molecule has 4 unspecified atom stereocenters. The van der Waals surface area contributed by atoms with Gasteiger partial charge in [-0.25, -0.2) is 24.0 Å². The Morgan fingerprint density at radius 1 is 1.33 bits per heavy atom. The van der Waals surface area contributed by atoms with E-state index in [4.69, 9.17) is 22.1 Å². The van der Waals surface area contributed by atoms with Crippen LogP contribution >= 0.6 is 27.5 Å². The number of rotatable bonds is 5. The molecule has 4 rings (SSSR count). The van der Waals surface area contributed by atoms with Crippen molar-refractivity contribution in [2.24, 2.45) is 15.7 Å². The summed E-state index contributed by atoms with van der Waals surface area (Å²) in [5.74, 6) is -0.821. The molecule has 4 N–H and O–H groups in total. The number of nitrogens with two attached hydrogens (primary N) is 1. The molecule has 3 aromatic rings. The summed E-state index contributed by atoms with van der Waals surface area (Å²) in [6.45, 7) is 0.759. The molecule has 0 saturated carbocycles.